The molecule has 0 saturated carbocycles. The van der Waals surface area contributed by atoms with Crippen molar-refractivity contribution in [3.05, 3.63) is 59.3 Å². The summed E-state index contributed by atoms with van der Waals surface area (Å²) in [4.78, 5) is 21.8. The Hall–Kier alpha value is -2.68. The van der Waals surface area contributed by atoms with E-state index in [1.165, 1.54) is 0 Å². The molecule has 4 fully saturated rings. The number of piperidine rings is 3. The van der Waals surface area contributed by atoms with Crippen LogP contribution < -0.4 is 4.90 Å². The third kappa shape index (κ3) is 3.94. The average molecular weight is 430 g/mol. The van der Waals surface area contributed by atoms with Gasteiger partial charge in [-0.15, -0.1) is 0 Å². The van der Waals surface area contributed by atoms with Crippen LogP contribution in [0, 0.1) is 29.6 Å². The number of carbonyl (C=O) groups is 1. The van der Waals surface area contributed by atoms with Crippen LogP contribution in [0.2, 0.25) is 0 Å². The maximum atomic E-state index is 12.7. The van der Waals surface area contributed by atoms with Gasteiger partial charge in [0.2, 0.25) is 5.91 Å². The van der Waals surface area contributed by atoms with Gasteiger partial charge in [-0.2, -0.15) is 0 Å². The number of pyridine rings is 1. The summed E-state index contributed by atoms with van der Waals surface area (Å²) in [5.41, 5.74) is 1.88. The molecule has 3 atom stereocenters. The van der Waals surface area contributed by atoms with Gasteiger partial charge in [-0.05, 0) is 49.5 Å². The second-order valence-electron chi connectivity index (χ2n) is 9.77. The van der Waals surface area contributed by atoms with Crippen LogP contribution in [0.25, 0.3) is 0 Å². The highest BCUT2D eigenvalue weighted by Gasteiger charge is 2.44. The van der Waals surface area contributed by atoms with E-state index in [1.54, 1.807) is 0 Å². The fraction of sp³-hybridized carbons (Fsp3) is 0.481. The van der Waals surface area contributed by atoms with E-state index in [2.05, 4.69) is 35.8 Å². The van der Waals surface area contributed by atoms with Gasteiger partial charge in [0.25, 0.3) is 0 Å². The molecular weight excluding hydrogens is 398 g/mol. The first-order valence-corrected chi connectivity index (χ1v) is 11.8. The zero-order valence-electron chi connectivity index (χ0n) is 18.9. The van der Waals surface area contributed by atoms with Crippen molar-refractivity contribution in [2.75, 3.05) is 31.1 Å². The third-order valence-corrected chi connectivity index (χ3v) is 7.57. The summed E-state index contributed by atoms with van der Waals surface area (Å²) in [6, 6.07) is 14.1. The van der Waals surface area contributed by atoms with Crippen molar-refractivity contribution in [2.45, 2.75) is 38.7 Å². The molecule has 1 N–H and O–H groups in total. The van der Waals surface area contributed by atoms with Gasteiger partial charge in [0.15, 0.2) is 0 Å². The minimum Gasteiger partial charge on any atom is -0.376 e. The Bertz CT molecular complexity index is 1070. The Morgan fingerprint density at radius 1 is 1.12 bits per heavy atom. The number of aromatic nitrogens is 1. The van der Waals surface area contributed by atoms with Crippen LogP contribution >= 0.6 is 0 Å². The lowest BCUT2D eigenvalue weighted by Crippen LogP contribution is -2.58. The number of anilines is 1. The Balaban J connectivity index is 1.49. The summed E-state index contributed by atoms with van der Waals surface area (Å²) >= 11 is 0. The van der Waals surface area contributed by atoms with Crippen molar-refractivity contribution in [3.63, 3.8) is 0 Å². The fourth-order valence-corrected chi connectivity index (χ4v) is 5.27. The fourth-order valence-electron chi connectivity index (χ4n) is 5.27. The van der Waals surface area contributed by atoms with Gasteiger partial charge in [0.05, 0.1) is 5.69 Å². The zero-order valence-corrected chi connectivity index (χ0v) is 18.9. The molecule has 1 amide bonds. The molecule has 0 spiro atoms. The molecular formula is C27H31N3O2. The number of hydrogen-bond acceptors (Lipinski definition) is 4. The van der Waals surface area contributed by atoms with E-state index in [0.717, 1.165) is 42.8 Å². The highest BCUT2D eigenvalue weighted by molar-refractivity contribution is 5.96. The van der Waals surface area contributed by atoms with Gasteiger partial charge in [-0.25, -0.2) is 4.98 Å². The van der Waals surface area contributed by atoms with E-state index < -0.39 is 5.60 Å². The lowest BCUT2D eigenvalue weighted by atomic mass is 9.75. The van der Waals surface area contributed by atoms with Crippen LogP contribution in [0.1, 0.15) is 43.5 Å². The monoisotopic (exact) mass is 429 g/mol. The first-order valence-electron chi connectivity index (χ1n) is 11.8. The van der Waals surface area contributed by atoms with Crippen molar-refractivity contribution in [3.8, 4) is 11.8 Å². The Morgan fingerprint density at radius 3 is 2.50 bits per heavy atom. The first-order chi connectivity index (χ1) is 15.4. The number of nitrogens with zero attached hydrogens (tertiary/aromatic N) is 3. The second-order valence-corrected chi connectivity index (χ2v) is 9.77. The molecule has 166 valence electrons. The van der Waals surface area contributed by atoms with Crippen LogP contribution in [-0.2, 0) is 11.2 Å². The van der Waals surface area contributed by atoms with E-state index >= 15 is 0 Å². The first kappa shape index (κ1) is 21.2. The quantitative estimate of drug-likeness (QED) is 0.762. The summed E-state index contributed by atoms with van der Waals surface area (Å²) in [7, 11) is 0. The molecule has 4 aliphatic rings. The van der Waals surface area contributed by atoms with Crippen molar-refractivity contribution in [1.29, 1.82) is 0 Å². The standard InChI is InChI=1S/C27H31N3O2/c1-19-17-30(26(31)20(19)2)25-9-8-22(24(28-25)16-21-6-4-3-5-7-21)10-13-27(32)18-29-14-11-23(27)12-15-29/h3-9,19-20,23,32H,11-12,14-18H2,1-2H3/t19-,20-,27-/m1/s1. The number of rotatable bonds is 3. The summed E-state index contributed by atoms with van der Waals surface area (Å²) in [6.07, 6.45) is 2.65. The van der Waals surface area contributed by atoms with Crippen LogP contribution in [-0.4, -0.2) is 52.7 Å². The van der Waals surface area contributed by atoms with Crippen molar-refractivity contribution in [2.24, 2.45) is 17.8 Å². The topological polar surface area (TPSA) is 56.7 Å². The molecule has 0 unspecified atom stereocenters. The molecule has 4 aliphatic heterocycles. The molecule has 32 heavy (non-hydrogen) atoms. The predicted octanol–water partition coefficient (Wildman–Crippen LogP) is 3.10. The van der Waals surface area contributed by atoms with Gasteiger partial charge in [0.1, 0.15) is 11.4 Å². The maximum absolute atomic E-state index is 12.7. The maximum Gasteiger partial charge on any atom is 0.231 e. The number of hydrogen-bond donors (Lipinski definition) is 1. The van der Waals surface area contributed by atoms with E-state index in [-0.39, 0.29) is 17.7 Å². The molecule has 2 aromatic rings. The largest absolute Gasteiger partial charge is 0.376 e. The zero-order chi connectivity index (χ0) is 22.3. The Kier molecular flexibility index (Phi) is 5.53. The van der Waals surface area contributed by atoms with Gasteiger partial charge in [0, 0.05) is 36.9 Å². The van der Waals surface area contributed by atoms with Crippen LogP contribution in [0.5, 0.6) is 0 Å². The number of aliphatic hydroxyl groups is 1. The van der Waals surface area contributed by atoms with E-state index in [0.29, 0.717) is 31.2 Å². The number of amides is 1. The van der Waals surface area contributed by atoms with Gasteiger partial charge < -0.3 is 5.11 Å². The molecule has 1 aromatic heterocycles. The van der Waals surface area contributed by atoms with Crippen molar-refractivity contribution < 1.29 is 9.90 Å². The molecule has 2 bridgehead atoms. The number of benzene rings is 1. The predicted molar refractivity (Wildman–Crippen MR) is 125 cm³/mol. The van der Waals surface area contributed by atoms with Crippen molar-refractivity contribution in [1.82, 2.24) is 9.88 Å². The summed E-state index contributed by atoms with van der Waals surface area (Å²) in [5, 5.41) is 11.2. The van der Waals surface area contributed by atoms with Gasteiger partial charge >= 0.3 is 0 Å². The van der Waals surface area contributed by atoms with E-state index in [1.807, 2.05) is 42.2 Å². The molecule has 1 aromatic carbocycles. The van der Waals surface area contributed by atoms with Crippen molar-refractivity contribution >= 4 is 11.7 Å². The summed E-state index contributed by atoms with van der Waals surface area (Å²) in [6.45, 7) is 7.55. The summed E-state index contributed by atoms with van der Waals surface area (Å²) < 4.78 is 0. The molecule has 5 heteroatoms. The molecule has 0 radical (unpaired) electrons. The third-order valence-electron chi connectivity index (χ3n) is 7.57. The lowest BCUT2D eigenvalue weighted by molar-refractivity contribution is -0.120. The van der Waals surface area contributed by atoms with Crippen LogP contribution in [0.3, 0.4) is 0 Å². The van der Waals surface area contributed by atoms with Crippen LogP contribution in [0.15, 0.2) is 42.5 Å². The molecule has 4 saturated heterocycles. The smallest absolute Gasteiger partial charge is 0.231 e. The van der Waals surface area contributed by atoms with Gasteiger partial charge in [-0.1, -0.05) is 56.0 Å². The van der Waals surface area contributed by atoms with Crippen LogP contribution in [0.4, 0.5) is 5.82 Å². The minimum absolute atomic E-state index is 0.0137. The Morgan fingerprint density at radius 2 is 1.88 bits per heavy atom. The molecule has 5 nitrogen and oxygen atoms in total. The number of fused-ring (bicyclic) bond motifs is 3. The minimum atomic E-state index is -0.949. The SMILES string of the molecule is C[C@@H]1CN(c2ccc(C#C[C@@]3(O)CN4CCC3CC4)c(Cc3ccccc3)n2)C(=O)[C@@H]1C. The lowest BCUT2D eigenvalue weighted by Gasteiger charge is -2.47. The molecule has 6 rings (SSSR count). The van der Waals surface area contributed by atoms with E-state index in [9.17, 15) is 9.90 Å². The highest BCUT2D eigenvalue weighted by Crippen LogP contribution is 2.35. The molecule has 0 aliphatic carbocycles. The van der Waals surface area contributed by atoms with Gasteiger partial charge in [-0.3, -0.25) is 14.6 Å². The normalized spacial score (nSPS) is 31.5. The Labute approximate surface area is 190 Å². The second kappa shape index (κ2) is 8.35. The average Bonchev–Trinajstić information content (AvgIpc) is 3.07. The highest BCUT2D eigenvalue weighted by atomic mass is 16.3. The summed E-state index contributed by atoms with van der Waals surface area (Å²) in [5.74, 6) is 7.91. The molecule has 5 heterocycles. The number of carbonyl (C=O) groups excluding carboxylic acids is 1. The van der Waals surface area contributed by atoms with E-state index in [4.69, 9.17) is 4.98 Å².